The van der Waals surface area contributed by atoms with Crippen molar-refractivity contribution in [2.45, 2.75) is 31.7 Å². The number of β-amino-alcohol motifs (C(OH)–C–C–N with tert-alkyl or cyclic N) is 1. The van der Waals surface area contributed by atoms with Crippen LogP contribution in [0.1, 0.15) is 23.6 Å². The van der Waals surface area contributed by atoms with Crippen LogP contribution in [0.25, 0.3) is 0 Å². The molecule has 0 fully saturated rings. The highest BCUT2D eigenvalue weighted by Crippen LogP contribution is 2.34. The Hall–Kier alpha value is -3.42. The van der Waals surface area contributed by atoms with E-state index in [1.165, 1.54) is 18.5 Å². The molecule has 0 amide bonds. The van der Waals surface area contributed by atoms with E-state index in [-0.39, 0.29) is 12.1 Å². The Morgan fingerprint density at radius 1 is 0.971 bits per heavy atom. The van der Waals surface area contributed by atoms with Crippen LogP contribution >= 0.6 is 0 Å². The van der Waals surface area contributed by atoms with Crippen molar-refractivity contribution in [3.63, 3.8) is 0 Å². The summed E-state index contributed by atoms with van der Waals surface area (Å²) in [4.78, 5) is 6.08. The summed E-state index contributed by atoms with van der Waals surface area (Å²) in [6, 6.07) is 22.6. The molecule has 0 bridgehead atoms. The first-order chi connectivity index (χ1) is 16.5. The SMILES string of the molecule is C[C@@H](N(Cc1ccccc1)Cc1ccccc1)[C@](O)(CN1CC=NC=N1)c1ccc(F)cc1F. The summed E-state index contributed by atoms with van der Waals surface area (Å²) in [6.07, 6.45) is 3.06. The van der Waals surface area contributed by atoms with E-state index in [2.05, 4.69) is 15.0 Å². The number of hydrogen-bond acceptors (Lipinski definition) is 5. The van der Waals surface area contributed by atoms with E-state index in [1.54, 1.807) is 11.2 Å². The number of rotatable bonds is 9. The first-order valence-electron chi connectivity index (χ1n) is 11.2. The average molecular weight is 463 g/mol. The molecule has 0 radical (unpaired) electrons. The minimum Gasteiger partial charge on any atom is -0.381 e. The molecule has 5 nitrogen and oxygen atoms in total. The van der Waals surface area contributed by atoms with E-state index < -0.39 is 23.3 Å². The molecule has 2 atom stereocenters. The summed E-state index contributed by atoms with van der Waals surface area (Å²) in [7, 11) is 0. The molecule has 0 spiro atoms. The molecule has 176 valence electrons. The smallest absolute Gasteiger partial charge is 0.135 e. The summed E-state index contributed by atoms with van der Waals surface area (Å²) in [5.41, 5.74) is 0.472. The second-order valence-corrected chi connectivity index (χ2v) is 8.51. The molecule has 0 saturated heterocycles. The molecule has 1 N–H and O–H groups in total. The van der Waals surface area contributed by atoms with Crippen LogP contribution < -0.4 is 0 Å². The van der Waals surface area contributed by atoms with Crippen molar-refractivity contribution in [3.05, 3.63) is 107 Å². The van der Waals surface area contributed by atoms with E-state index in [9.17, 15) is 9.50 Å². The molecule has 1 aliphatic heterocycles. The van der Waals surface area contributed by atoms with Crippen LogP contribution in [0.15, 0.2) is 89.0 Å². The van der Waals surface area contributed by atoms with Gasteiger partial charge in [-0.25, -0.2) is 13.8 Å². The van der Waals surface area contributed by atoms with Gasteiger partial charge in [-0.2, -0.15) is 5.10 Å². The number of aliphatic imine (C=N–C) groups is 1. The summed E-state index contributed by atoms with van der Waals surface area (Å²) in [5, 5.41) is 18.0. The van der Waals surface area contributed by atoms with Crippen LogP contribution in [-0.2, 0) is 18.7 Å². The van der Waals surface area contributed by atoms with Crippen LogP contribution in [0.3, 0.4) is 0 Å². The average Bonchev–Trinajstić information content (AvgIpc) is 2.85. The molecule has 4 rings (SSSR count). The fourth-order valence-corrected chi connectivity index (χ4v) is 4.27. The molecule has 1 heterocycles. The van der Waals surface area contributed by atoms with E-state index >= 15 is 4.39 Å². The fourth-order valence-electron chi connectivity index (χ4n) is 4.27. The maximum Gasteiger partial charge on any atom is 0.135 e. The summed E-state index contributed by atoms with van der Waals surface area (Å²) >= 11 is 0. The predicted octanol–water partition coefficient (Wildman–Crippen LogP) is 4.57. The normalized spacial score (nSPS) is 16.0. The Balaban J connectivity index is 1.73. The maximum atomic E-state index is 15.1. The Morgan fingerprint density at radius 3 is 2.12 bits per heavy atom. The first kappa shape index (κ1) is 23.7. The van der Waals surface area contributed by atoms with Gasteiger partial charge >= 0.3 is 0 Å². The van der Waals surface area contributed by atoms with Crippen LogP contribution in [0.2, 0.25) is 0 Å². The lowest BCUT2D eigenvalue weighted by Crippen LogP contribution is -2.54. The van der Waals surface area contributed by atoms with Crippen molar-refractivity contribution >= 4 is 12.6 Å². The molecule has 1 aliphatic rings. The Kier molecular flexibility index (Phi) is 7.45. The van der Waals surface area contributed by atoms with E-state index in [0.29, 0.717) is 19.6 Å². The van der Waals surface area contributed by atoms with Gasteiger partial charge in [0.05, 0.1) is 13.1 Å². The summed E-state index contributed by atoms with van der Waals surface area (Å²) < 4.78 is 28.8. The van der Waals surface area contributed by atoms with Crippen molar-refractivity contribution in [1.82, 2.24) is 9.91 Å². The van der Waals surface area contributed by atoms with Gasteiger partial charge in [0.15, 0.2) is 0 Å². The van der Waals surface area contributed by atoms with Crippen molar-refractivity contribution in [2.75, 3.05) is 13.1 Å². The molecular formula is C27H28F2N4O. The molecule has 7 heteroatoms. The maximum absolute atomic E-state index is 15.1. The standard InChI is InChI=1S/C27H28F2N4O/c1-21(32(17-22-8-4-2-5-9-22)18-23-10-6-3-7-11-23)27(34,19-33-15-14-30-20-31-33)25-13-12-24(28)16-26(25)29/h2-14,16,20-21,34H,15,17-19H2,1H3/t21-,27-/m1/s1. The van der Waals surface area contributed by atoms with Crippen molar-refractivity contribution in [1.29, 1.82) is 0 Å². The molecule has 34 heavy (non-hydrogen) atoms. The van der Waals surface area contributed by atoms with Gasteiger partial charge in [0, 0.05) is 37.0 Å². The third kappa shape index (κ3) is 5.55. The van der Waals surface area contributed by atoms with Gasteiger partial charge in [0.1, 0.15) is 23.6 Å². The molecule has 0 unspecified atom stereocenters. The lowest BCUT2D eigenvalue weighted by Gasteiger charge is -2.43. The lowest BCUT2D eigenvalue weighted by atomic mass is 9.84. The van der Waals surface area contributed by atoms with Gasteiger partial charge in [-0.3, -0.25) is 9.91 Å². The monoisotopic (exact) mass is 462 g/mol. The minimum atomic E-state index is -1.69. The zero-order valence-electron chi connectivity index (χ0n) is 19.1. The number of hydrogen-bond donors (Lipinski definition) is 1. The zero-order chi connectivity index (χ0) is 24.0. The molecule has 0 aliphatic carbocycles. The van der Waals surface area contributed by atoms with Crippen LogP contribution in [-0.4, -0.2) is 46.7 Å². The fraction of sp³-hybridized carbons (Fsp3) is 0.259. The molecule has 0 saturated carbocycles. The molecule has 0 aromatic heterocycles. The topological polar surface area (TPSA) is 51.4 Å². The third-order valence-electron chi connectivity index (χ3n) is 6.20. The van der Waals surface area contributed by atoms with Crippen LogP contribution in [0.5, 0.6) is 0 Å². The number of aliphatic hydroxyl groups is 1. The zero-order valence-corrected chi connectivity index (χ0v) is 19.1. The Labute approximate surface area is 198 Å². The highest BCUT2D eigenvalue weighted by molar-refractivity contribution is 5.75. The van der Waals surface area contributed by atoms with Crippen molar-refractivity contribution in [3.8, 4) is 0 Å². The predicted molar refractivity (Wildman–Crippen MR) is 130 cm³/mol. The number of benzene rings is 3. The van der Waals surface area contributed by atoms with Crippen LogP contribution in [0, 0.1) is 11.6 Å². The molecular weight excluding hydrogens is 434 g/mol. The van der Waals surface area contributed by atoms with E-state index in [1.807, 2.05) is 67.6 Å². The van der Waals surface area contributed by atoms with Gasteiger partial charge in [-0.15, -0.1) is 0 Å². The van der Waals surface area contributed by atoms with Gasteiger partial charge in [0.2, 0.25) is 0 Å². The highest BCUT2D eigenvalue weighted by atomic mass is 19.1. The first-order valence-corrected chi connectivity index (χ1v) is 11.2. The quantitative estimate of drug-likeness (QED) is 0.507. The number of halogens is 2. The summed E-state index contributed by atoms with van der Waals surface area (Å²) in [5.74, 6) is -1.48. The van der Waals surface area contributed by atoms with Gasteiger partial charge in [0.25, 0.3) is 0 Å². The van der Waals surface area contributed by atoms with Crippen molar-refractivity contribution in [2.24, 2.45) is 10.1 Å². The number of hydrazone groups is 1. The van der Waals surface area contributed by atoms with Gasteiger partial charge < -0.3 is 5.11 Å². The van der Waals surface area contributed by atoms with E-state index in [0.717, 1.165) is 17.2 Å². The highest BCUT2D eigenvalue weighted by Gasteiger charge is 2.42. The second-order valence-electron chi connectivity index (χ2n) is 8.51. The largest absolute Gasteiger partial charge is 0.381 e. The Bertz CT molecular complexity index is 1100. The Morgan fingerprint density at radius 2 is 1.59 bits per heavy atom. The van der Waals surface area contributed by atoms with Gasteiger partial charge in [-0.05, 0) is 24.1 Å². The van der Waals surface area contributed by atoms with Crippen molar-refractivity contribution < 1.29 is 13.9 Å². The summed E-state index contributed by atoms with van der Waals surface area (Å²) in [6.45, 7) is 3.33. The molecule has 3 aromatic carbocycles. The molecule has 3 aromatic rings. The van der Waals surface area contributed by atoms with Crippen LogP contribution in [0.4, 0.5) is 8.78 Å². The third-order valence-corrected chi connectivity index (χ3v) is 6.20. The second kappa shape index (κ2) is 10.7. The number of nitrogens with zero attached hydrogens (tertiary/aromatic N) is 4. The minimum absolute atomic E-state index is 0.0132. The lowest BCUT2D eigenvalue weighted by molar-refractivity contribution is -0.0733. The van der Waals surface area contributed by atoms with E-state index in [4.69, 9.17) is 0 Å². The van der Waals surface area contributed by atoms with Gasteiger partial charge in [-0.1, -0.05) is 66.7 Å².